The summed E-state index contributed by atoms with van der Waals surface area (Å²) in [6, 6.07) is 19.6. The van der Waals surface area contributed by atoms with Crippen LogP contribution in [0.2, 0.25) is 0 Å². The summed E-state index contributed by atoms with van der Waals surface area (Å²) in [5.74, 6) is -0.0705. The minimum Gasteiger partial charge on any atom is -0.337 e. The van der Waals surface area contributed by atoms with Gasteiger partial charge < -0.3 is 15.1 Å². The summed E-state index contributed by atoms with van der Waals surface area (Å²) in [4.78, 5) is 38.0. The Morgan fingerprint density at radius 3 is 2.23 bits per heavy atom. The van der Waals surface area contributed by atoms with Crippen LogP contribution < -0.4 is 5.32 Å². The Bertz CT molecular complexity index is 1550. The number of benzene rings is 3. The molecule has 3 aromatic carbocycles. The summed E-state index contributed by atoms with van der Waals surface area (Å²) in [7, 11) is 0. The Morgan fingerprint density at radius 2 is 1.50 bits per heavy atom. The molecule has 1 aromatic heterocycles. The molecule has 1 N–H and O–H groups in total. The van der Waals surface area contributed by atoms with Gasteiger partial charge in [-0.15, -0.1) is 0 Å². The number of hydrogen-bond acceptors (Lipinski definition) is 5. The molecule has 0 unspecified atom stereocenters. The molecule has 2 aliphatic rings. The fourth-order valence-electron chi connectivity index (χ4n) is 5.35. The molecule has 0 radical (unpaired) electrons. The number of rotatable bonds is 5. The molecule has 204 valence electrons. The zero-order valence-electron chi connectivity index (χ0n) is 21.4. The van der Waals surface area contributed by atoms with Crippen molar-refractivity contribution in [2.75, 3.05) is 26.2 Å². The van der Waals surface area contributed by atoms with Gasteiger partial charge in [-0.25, -0.2) is 9.97 Å². The van der Waals surface area contributed by atoms with E-state index in [0.29, 0.717) is 59.5 Å². The topological polar surface area (TPSA) is 78.4 Å². The first kappa shape index (κ1) is 25.9. The van der Waals surface area contributed by atoms with Crippen LogP contribution in [-0.2, 0) is 6.18 Å². The van der Waals surface area contributed by atoms with Crippen molar-refractivity contribution in [3.8, 4) is 11.3 Å². The number of nitrogens with one attached hydrogen (secondary N) is 1. The first-order valence-electron chi connectivity index (χ1n) is 13.1. The normalized spacial score (nSPS) is 17.7. The highest BCUT2D eigenvalue weighted by molar-refractivity contribution is 6.00. The summed E-state index contributed by atoms with van der Waals surface area (Å²) >= 11 is 0. The van der Waals surface area contributed by atoms with Gasteiger partial charge in [0, 0.05) is 60.3 Å². The minimum atomic E-state index is -4.41. The monoisotopic (exact) mass is 545 g/mol. The predicted octanol–water partition coefficient (Wildman–Crippen LogP) is 4.64. The quantitative estimate of drug-likeness (QED) is 0.395. The van der Waals surface area contributed by atoms with Crippen LogP contribution in [0.4, 0.5) is 13.2 Å². The molecule has 2 amide bonds. The summed E-state index contributed by atoms with van der Waals surface area (Å²) in [5, 5.41) is 4.23. The molecule has 2 saturated heterocycles. The molecule has 6 rings (SSSR count). The number of carbonyl (C=O) groups is 2. The minimum absolute atomic E-state index is 0.0388. The van der Waals surface area contributed by atoms with Crippen molar-refractivity contribution in [2.45, 2.75) is 24.7 Å². The van der Waals surface area contributed by atoms with Gasteiger partial charge in [0.1, 0.15) is 6.33 Å². The van der Waals surface area contributed by atoms with Crippen molar-refractivity contribution in [1.82, 2.24) is 25.1 Å². The highest BCUT2D eigenvalue weighted by Crippen LogP contribution is 2.32. The maximum atomic E-state index is 13.1. The molecule has 40 heavy (non-hydrogen) atoms. The largest absolute Gasteiger partial charge is 0.416 e. The van der Waals surface area contributed by atoms with E-state index >= 15 is 0 Å². The molecular weight excluding hydrogens is 519 g/mol. The third kappa shape index (κ3) is 5.14. The molecule has 3 heterocycles. The van der Waals surface area contributed by atoms with E-state index in [-0.39, 0.29) is 23.9 Å². The number of halogens is 3. The number of carbonyl (C=O) groups excluding carboxylic acids is 2. The summed E-state index contributed by atoms with van der Waals surface area (Å²) in [5.41, 5.74) is 2.03. The van der Waals surface area contributed by atoms with Gasteiger partial charge in [0.25, 0.3) is 11.8 Å². The summed E-state index contributed by atoms with van der Waals surface area (Å²) < 4.78 is 38.8. The number of amides is 2. The molecule has 7 nitrogen and oxygen atoms in total. The molecule has 0 spiro atoms. The van der Waals surface area contributed by atoms with Crippen LogP contribution in [0.5, 0.6) is 0 Å². The Morgan fingerprint density at radius 1 is 0.800 bits per heavy atom. The lowest BCUT2D eigenvalue weighted by molar-refractivity contribution is -0.137. The van der Waals surface area contributed by atoms with E-state index in [1.54, 1.807) is 23.1 Å². The van der Waals surface area contributed by atoms with E-state index in [1.165, 1.54) is 18.5 Å². The van der Waals surface area contributed by atoms with Crippen LogP contribution in [0.3, 0.4) is 0 Å². The van der Waals surface area contributed by atoms with Crippen molar-refractivity contribution in [3.63, 3.8) is 0 Å². The van der Waals surface area contributed by atoms with Gasteiger partial charge in [-0.05, 0) is 48.9 Å². The van der Waals surface area contributed by atoms with E-state index < -0.39 is 11.7 Å². The van der Waals surface area contributed by atoms with Crippen molar-refractivity contribution in [1.29, 1.82) is 0 Å². The number of alkyl halides is 3. The van der Waals surface area contributed by atoms with Gasteiger partial charge in [0.15, 0.2) is 0 Å². The van der Waals surface area contributed by atoms with Crippen LogP contribution in [0.25, 0.3) is 22.2 Å². The van der Waals surface area contributed by atoms with E-state index in [2.05, 4.69) is 15.3 Å². The standard InChI is InChI=1S/C30H26F3N5O2/c31-30(32,33)22-9-6-19(7-10-22)27-25-11-8-21(14-26(25)34-18-35-27)29(40)38-16-24(17-38)36-23-12-13-37(15-23)28(39)20-4-2-1-3-5-20/h1-11,14,18,23-24,36H,12-13,15-17H2/t23-/m0/s1. The lowest BCUT2D eigenvalue weighted by Gasteiger charge is -2.41. The Hall–Kier alpha value is -4.31. The molecular formula is C30H26F3N5O2. The molecule has 0 bridgehead atoms. The molecule has 0 saturated carbocycles. The maximum Gasteiger partial charge on any atom is 0.416 e. The fraction of sp³-hybridized carbons (Fsp3) is 0.267. The highest BCUT2D eigenvalue weighted by Gasteiger charge is 2.35. The smallest absolute Gasteiger partial charge is 0.337 e. The maximum absolute atomic E-state index is 13.1. The van der Waals surface area contributed by atoms with Crippen molar-refractivity contribution in [3.05, 3.63) is 95.8 Å². The third-order valence-corrected chi connectivity index (χ3v) is 7.51. The van der Waals surface area contributed by atoms with E-state index in [9.17, 15) is 22.8 Å². The molecule has 2 fully saturated rings. The van der Waals surface area contributed by atoms with Crippen LogP contribution >= 0.6 is 0 Å². The van der Waals surface area contributed by atoms with E-state index in [0.717, 1.165) is 18.6 Å². The van der Waals surface area contributed by atoms with Crippen molar-refractivity contribution >= 4 is 22.7 Å². The Kier molecular flexibility index (Phi) is 6.71. The third-order valence-electron chi connectivity index (χ3n) is 7.51. The SMILES string of the molecule is O=C(c1ccc2c(-c3ccc(C(F)(F)F)cc3)ncnc2c1)N1CC(N[C@H]2CCN(C(=O)c3ccccc3)C2)C1. The first-order valence-corrected chi connectivity index (χ1v) is 13.1. The molecule has 10 heteroatoms. The van der Waals surface area contributed by atoms with Gasteiger partial charge in [-0.1, -0.05) is 30.3 Å². The second-order valence-corrected chi connectivity index (χ2v) is 10.2. The number of likely N-dealkylation sites (tertiary alicyclic amines) is 2. The average molecular weight is 546 g/mol. The predicted molar refractivity (Wildman–Crippen MR) is 144 cm³/mol. The second-order valence-electron chi connectivity index (χ2n) is 10.2. The van der Waals surface area contributed by atoms with Crippen molar-refractivity contribution in [2.24, 2.45) is 0 Å². The van der Waals surface area contributed by atoms with Crippen LogP contribution in [0.1, 0.15) is 32.7 Å². The molecule has 4 aromatic rings. The average Bonchev–Trinajstić information content (AvgIpc) is 3.42. The van der Waals surface area contributed by atoms with Gasteiger partial charge in [-0.2, -0.15) is 13.2 Å². The number of aromatic nitrogens is 2. The van der Waals surface area contributed by atoms with Gasteiger partial charge >= 0.3 is 6.18 Å². The molecule has 1 atom stereocenters. The second kappa shape index (κ2) is 10.3. The van der Waals surface area contributed by atoms with Crippen LogP contribution in [0.15, 0.2) is 79.1 Å². The van der Waals surface area contributed by atoms with Crippen LogP contribution in [-0.4, -0.2) is 69.8 Å². The first-order chi connectivity index (χ1) is 19.3. The number of nitrogens with zero attached hydrogens (tertiary/aromatic N) is 4. The van der Waals surface area contributed by atoms with Gasteiger partial charge in [-0.3, -0.25) is 9.59 Å². The lowest BCUT2D eigenvalue weighted by Crippen LogP contribution is -2.62. The number of fused-ring (bicyclic) bond motifs is 1. The number of hydrogen-bond donors (Lipinski definition) is 1. The fourth-order valence-corrected chi connectivity index (χ4v) is 5.35. The summed E-state index contributed by atoms with van der Waals surface area (Å²) in [6.45, 7) is 2.49. The van der Waals surface area contributed by atoms with Crippen molar-refractivity contribution < 1.29 is 22.8 Å². The van der Waals surface area contributed by atoms with Crippen LogP contribution in [0, 0.1) is 0 Å². The molecule has 2 aliphatic heterocycles. The van der Waals surface area contributed by atoms with E-state index in [4.69, 9.17) is 0 Å². The summed E-state index contributed by atoms with van der Waals surface area (Å²) in [6.07, 6.45) is -2.19. The zero-order valence-corrected chi connectivity index (χ0v) is 21.4. The Balaban J connectivity index is 1.07. The zero-order chi connectivity index (χ0) is 27.9. The lowest BCUT2D eigenvalue weighted by atomic mass is 10.0. The van der Waals surface area contributed by atoms with Gasteiger partial charge in [0.05, 0.1) is 16.8 Å². The van der Waals surface area contributed by atoms with E-state index in [1.807, 2.05) is 35.2 Å². The molecule has 0 aliphatic carbocycles. The van der Waals surface area contributed by atoms with Gasteiger partial charge in [0.2, 0.25) is 0 Å². The highest BCUT2D eigenvalue weighted by atomic mass is 19.4. The Labute approximate surface area is 228 Å².